The van der Waals surface area contributed by atoms with Gasteiger partial charge >= 0.3 is 18.2 Å². The first kappa shape index (κ1) is 27.3. The van der Waals surface area contributed by atoms with Crippen LogP contribution in [0.2, 0.25) is 0 Å². The van der Waals surface area contributed by atoms with Gasteiger partial charge in [-0.1, -0.05) is 0 Å². The Morgan fingerprint density at radius 3 is 1.74 bits per heavy atom. The van der Waals surface area contributed by atoms with Crippen LogP contribution in [0, 0.1) is 20.2 Å². The molecule has 0 spiro atoms. The van der Waals surface area contributed by atoms with Crippen LogP contribution in [-0.4, -0.2) is 99.0 Å². The van der Waals surface area contributed by atoms with Crippen LogP contribution in [0.4, 0.5) is 9.59 Å². The van der Waals surface area contributed by atoms with E-state index < -0.39 is 41.0 Å². The molecule has 1 amide bonds. The zero-order chi connectivity index (χ0) is 23.5. The molecule has 0 aliphatic rings. The van der Waals surface area contributed by atoms with Crippen molar-refractivity contribution in [3.05, 3.63) is 20.2 Å². The van der Waals surface area contributed by atoms with E-state index in [4.69, 9.17) is 14.6 Å². The molecule has 0 rings (SSSR count). The number of aliphatic carboxylic acids is 1. The molecule has 0 aromatic rings. The fourth-order valence-corrected chi connectivity index (χ4v) is 1.47. The lowest BCUT2D eigenvalue weighted by molar-refractivity contribution is -0.758. The van der Waals surface area contributed by atoms with Crippen LogP contribution in [0.15, 0.2) is 0 Å². The molecule has 0 fully saturated rings. The molecule has 31 heavy (non-hydrogen) atoms. The van der Waals surface area contributed by atoms with Gasteiger partial charge in [0.15, 0.2) is 6.04 Å². The summed E-state index contributed by atoms with van der Waals surface area (Å²) in [6, 6.07) is -1.63. The van der Waals surface area contributed by atoms with Crippen molar-refractivity contribution in [3.8, 4) is 0 Å². The van der Waals surface area contributed by atoms with Crippen LogP contribution in [0.5, 0.6) is 0 Å². The summed E-state index contributed by atoms with van der Waals surface area (Å²) in [5.41, 5.74) is 0. The predicted octanol–water partition coefficient (Wildman–Crippen LogP) is -1.23. The summed E-state index contributed by atoms with van der Waals surface area (Å²) >= 11 is 0. The Morgan fingerprint density at radius 2 is 1.26 bits per heavy atom. The number of carboxylic acid groups (broad SMARTS) is 1. The first-order chi connectivity index (χ1) is 14.7. The Hall–Kier alpha value is -3.67. The van der Waals surface area contributed by atoms with Gasteiger partial charge in [-0.25, -0.2) is 14.4 Å². The van der Waals surface area contributed by atoms with Gasteiger partial charge in [0.2, 0.25) is 0 Å². The van der Waals surface area contributed by atoms with E-state index in [0.717, 1.165) is 0 Å². The summed E-state index contributed by atoms with van der Waals surface area (Å²) in [4.78, 5) is 61.7. The SMILES string of the molecule is O=C(NC(COC(=O)OCCOCCO[N+](=O)[O-])C(=O)O)OCCOCCO[N+](=O)[O-]. The minimum Gasteiger partial charge on any atom is -0.480 e. The highest BCUT2D eigenvalue weighted by Crippen LogP contribution is 1.94. The summed E-state index contributed by atoms with van der Waals surface area (Å²) in [7, 11) is 0. The maximum absolute atomic E-state index is 11.5. The maximum atomic E-state index is 11.5. The second kappa shape index (κ2) is 17.2. The molecule has 18 nitrogen and oxygen atoms in total. The third-order valence-corrected chi connectivity index (χ3v) is 2.72. The highest BCUT2D eigenvalue weighted by atomic mass is 17.0. The number of amides is 1. The minimum atomic E-state index is -1.63. The molecule has 0 bridgehead atoms. The lowest BCUT2D eigenvalue weighted by Gasteiger charge is -2.14. The number of hydrogen-bond acceptors (Lipinski definition) is 14. The van der Waals surface area contributed by atoms with Crippen molar-refractivity contribution in [3.63, 3.8) is 0 Å². The Labute approximate surface area is 173 Å². The van der Waals surface area contributed by atoms with E-state index in [1.54, 1.807) is 0 Å². The number of nitrogens with one attached hydrogen (secondary N) is 1. The van der Waals surface area contributed by atoms with Crippen molar-refractivity contribution in [1.29, 1.82) is 0 Å². The molecule has 0 saturated heterocycles. The van der Waals surface area contributed by atoms with Gasteiger partial charge in [-0.3, -0.25) is 0 Å². The van der Waals surface area contributed by atoms with Gasteiger partial charge in [-0.05, 0) is 0 Å². The van der Waals surface area contributed by atoms with Gasteiger partial charge in [0.05, 0.1) is 26.4 Å². The van der Waals surface area contributed by atoms with E-state index in [9.17, 15) is 34.6 Å². The molecule has 0 aromatic carbocycles. The second-order valence-corrected chi connectivity index (χ2v) is 4.92. The van der Waals surface area contributed by atoms with E-state index in [0.29, 0.717) is 0 Å². The summed E-state index contributed by atoms with van der Waals surface area (Å²) < 4.78 is 23.4. The first-order valence-electron chi connectivity index (χ1n) is 8.38. The fraction of sp³-hybridized carbons (Fsp3) is 0.769. The number of carbonyl (C=O) groups excluding carboxylic acids is 2. The molecule has 178 valence electrons. The zero-order valence-corrected chi connectivity index (χ0v) is 16.0. The van der Waals surface area contributed by atoms with Crippen LogP contribution < -0.4 is 5.32 Å². The largest absolute Gasteiger partial charge is 0.508 e. The number of rotatable bonds is 18. The quantitative estimate of drug-likeness (QED) is 0.106. The monoisotopic (exact) mass is 459 g/mol. The summed E-state index contributed by atoms with van der Waals surface area (Å²) in [5, 5.41) is 28.7. The van der Waals surface area contributed by atoms with E-state index in [-0.39, 0.29) is 52.9 Å². The molecule has 0 aromatic heterocycles. The van der Waals surface area contributed by atoms with Gasteiger partial charge < -0.3 is 43.8 Å². The molecular formula is C13H21N3O15. The predicted molar refractivity (Wildman–Crippen MR) is 90.7 cm³/mol. The Morgan fingerprint density at radius 1 is 0.774 bits per heavy atom. The van der Waals surface area contributed by atoms with Crippen LogP contribution in [0.1, 0.15) is 0 Å². The molecule has 0 aliphatic heterocycles. The number of ether oxygens (including phenoxy) is 5. The molecule has 0 heterocycles. The third kappa shape index (κ3) is 18.1. The summed E-state index contributed by atoms with van der Waals surface area (Å²) in [6.45, 7) is -2.45. The van der Waals surface area contributed by atoms with Crippen LogP contribution in [-0.2, 0) is 38.2 Å². The van der Waals surface area contributed by atoms with E-state index in [1.165, 1.54) is 0 Å². The smallest absolute Gasteiger partial charge is 0.480 e. The van der Waals surface area contributed by atoms with Gasteiger partial charge in [0.1, 0.15) is 33.0 Å². The van der Waals surface area contributed by atoms with Crippen molar-refractivity contribution in [1.82, 2.24) is 5.32 Å². The standard InChI is InChI=1S/C13H21N3O15/c17-11(18)10(14-12(19)27-5-1-25-3-7-30-15(21)22)9-29-13(20)28-6-2-26-4-8-31-16(23)24/h10H,1-9H2,(H,14,19)(H,17,18). The first-order valence-corrected chi connectivity index (χ1v) is 8.38. The molecule has 0 aliphatic carbocycles. The zero-order valence-electron chi connectivity index (χ0n) is 16.0. The fourth-order valence-electron chi connectivity index (χ4n) is 1.47. The third-order valence-electron chi connectivity index (χ3n) is 2.72. The average molecular weight is 459 g/mol. The molecule has 0 radical (unpaired) electrons. The average Bonchev–Trinajstić information content (AvgIpc) is 2.68. The summed E-state index contributed by atoms with van der Waals surface area (Å²) in [6.07, 6.45) is -2.38. The van der Waals surface area contributed by atoms with E-state index in [1.807, 2.05) is 5.32 Å². The number of carbonyl (C=O) groups is 3. The van der Waals surface area contributed by atoms with Crippen LogP contribution in [0.3, 0.4) is 0 Å². The Bertz CT molecular complexity index is 587. The minimum absolute atomic E-state index is 0.121. The van der Waals surface area contributed by atoms with Crippen molar-refractivity contribution in [2.45, 2.75) is 6.04 Å². The molecule has 2 N–H and O–H groups in total. The number of nitrogens with zero attached hydrogens (tertiary/aromatic N) is 2. The second-order valence-electron chi connectivity index (χ2n) is 4.92. The van der Waals surface area contributed by atoms with E-state index >= 15 is 0 Å². The number of carboxylic acids is 1. The molecule has 1 unspecified atom stereocenters. The van der Waals surface area contributed by atoms with Gasteiger partial charge in [-0.15, -0.1) is 20.2 Å². The van der Waals surface area contributed by atoms with Crippen molar-refractivity contribution < 1.29 is 63.0 Å². The molecular weight excluding hydrogens is 438 g/mol. The number of alkyl carbamates (subject to hydrolysis) is 1. The summed E-state index contributed by atoms with van der Waals surface area (Å²) in [5.74, 6) is -1.52. The highest BCUT2D eigenvalue weighted by molar-refractivity contribution is 5.80. The van der Waals surface area contributed by atoms with Crippen molar-refractivity contribution in [2.75, 3.05) is 59.5 Å². The van der Waals surface area contributed by atoms with Gasteiger partial charge in [0, 0.05) is 0 Å². The topological polar surface area (TPSA) is 234 Å². The Kier molecular flexibility index (Phi) is 15.2. The maximum Gasteiger partial charge on any atom is 0.508 e. The van der Waals surface area contributed by atoms with Crippen molar-refractivity contribution >= 4 is 18.2 Å². The molecule has 1 atom stereocenters. The van der Waals surface area contributed by atoms with Crippen LogP contribution >= 0.6 is 0 Å². The molecule has 0 saturated carbocycles. The molecule has 18 heteroatoms. The van der Waals surface area contributed by atoms with Gasteiger partial charge in [0.25, 0.3) is 10.2 Å². The van der Waals surface area contributed by atoms with Crippen molar-refractivity contribution in [2.24, 2.45) is 0 Å². The number of hydrogen-bond donors (Lipinski definition) is 2. The Balaban J connectivity index is 3.88. The normalized spacial score (nSPS) is 11.0. The van der Waals surface area contributed by atoms with Crippen LogP contribution in [0.25, 0.3) is 0 Å². The lowest BCUT2D eigenvalue weighted by Crippen LogP contribution is -2.45. The lowest BCUT2D eigenvalue weighted by atomic mass is 10.3. The van der Waals surface area contributed by atoms with Gasteiger partial charge in [-0.2, -0.15) is 0 Å². The highest BCUT2D eigenvalue weighted by Gasteiger charge is 2.23. The van der Waals surface area contributed by atoms with E-state index in [2.05, 4.69) is 23.9 Å².